The second-order valence-corrected chi connectivity index (χ2v) is 4.86. The van der Waals surface area contributed by atoms with Gasteiger partial charge in [0, 0.05) is 0 Å². The van der Waals surface area contributed by atoms with E-state index in [0.29, 0.717) is 0 Å². The molecule has 3 N–H and O–H groups in total. The smallest absolute Gasteiger partial charge is 0.306 e. The highest BCUT2D eigenvalue weighted by atomic mass is 32.2. The molecule has 0 heterocycles. The van der Waals surface area contributed by atoms with Crippen LogP contribution in [0.2, 0.25) is 0 Å². The number of carbonyl (C=O) groups excluding carboxylic acids is 1. The fourth-order valence-corrected chi connectivity index (χ4v) is 1.55. The highest BCUT2D eigenvalue weighted by Gasteiger charge is 2.18. The number of phenolic OH excluding ortho intramolecular Hbond substituents is 2. The van der Waals surface area contributed by atoms with E-state index in [9.17, 15) is 23.4 Å². The van der Waals surface area contributed by atoms with E-state index < -0.39 is 27.5 Å². The predicted octanol–water partition coefficient (Wildman–Crippen LogP) is 0.561. The van der Waals surface area contributed by atoms with Crippen LogP contribution in [0.4, 0.5) is 5.69 Å². The minimum absolute atomic E-state index is 0.317. The van der Waals surface area contributed by atoms with Crippen molar-refractivity contribution in [2.45, 2.75) is 0 Å². The first kappa shape index (κ1) is 13.8. The summed E-state index contributed by atoms with van der Waals surface area (Å²) < 4.78 is 26.6. The highest BCUT2D eigenvalue weighted by molar-refractivity contribution is 7.86. The number of anilines is 1. The van der Waals surface area contributed by atoms with Crippen molar-refractivity contribution in [2.75, 3.05) is 11.6 Å². The van der Waals surface area contributed by atoms with E-state index in [2.05, 4.69) is 16.1 Å². The molecule has 1 aromatic rings. The number of nitrogens with one attached hydrogen (secondary N) is 1. The van der Waals surface area contributed by atoms with Gasteiger partial charge in [-0.25, -0.2) is 0 Å². The lowest BCUT2D eigenvalue weighted by atomic mass is 10.2. The number of hydrogen-bond donors (Lipinski definition) is 3. The van der Waals surface area contributed by atoms with E-state index in [-0.39, 0.29) is 11.4 Å². The molecule has 0 saturated carbocycles. The number of benzene rings is 1. The lowest BCUT2D eigenvalue weighted by molar-refractivity contribution is -0.111. The third-order valence-corrected chi connectivity index (χ3v) is 2.28. The first-order valence-electron chi connectivity index (χ1n) is 4.62. The van der Waals surface area contributed by atoms with Gasteiger partial charge in [0.25, 0.3) is 0 Å². The van der Waals surface area contributed by atoms with E-state index in [1.807, 2.05) is 0 Å². The average molecular weight is 273 g/mol. The largest absolute Gasteiger partial charge is 0.504 e. The van der Waals surface area contributed by atoms with Gasteiger partial charge in [-0.05, 0) is 18.2 Å². The van der Waals surface area contributed by atoms with Gasteiger partial charge in [0.1, 0.15) is 5.69 Å². The summed E-state index contributed by atoms with van der Waals surface area (Å²) in [6.45, 7) is 3.20. The summed E-state index contributed by atoms with van der Waals surface area (Å²) >= 11 is 0. The van der Waals surface area contributed by atoms with Gasteiger partial charge in [-0.2, -0.15) is 8.42 Å². The van der Waals surface area contributed by atoms with Crippen molar-refractivity contribution >= 4 is 21.7 Å². The molecular weight excluding hydrogens is 262 g/mol. The third kappa shape index (κ3) is 3.39. The van der Waals surface area contributed by atoms with Crippen LogP contribution in [0.15, 0.2) is 24.8 Å². The number of carbonyl (C=O) groups is 1. The summed E-state index contributed by atoms with van der Waals surface area (Å²) in [5, 5.41) is 21.0. The molecular formula is C10H11NO6S. The molecule has 0 aliphatic carbocycles. The zero-order chi connectivity index (χ0) is 13.9. The minimum Gasteiger partial charge on any atom is -0.504 e. The Morgan fingerprint density at radius 1 is 1.44 bits per heavy atom. The molecule has 1 rings (SSSR count). The maximum Gasteiger partial charge on any atom is 0.306 e. The normalized spacial score (nSPS) is 10.7. The highest BCUT2D eigenvalue weighted by Crippen LogP contribution is 2.41. The van der Waals surface area contributed by atoms with Crippen LogP contribution in [0.1, 0.15) is 0 Å². The molecule has 0 aliphatic heterocycles. The molecule has 98 valence electrons. The summed E-state index contributed by atoms with van der Waals surface area (Å²) in [6, 6.07) is 2.12. The number of hydrogen-bond acceptors (Lipinski definition) is 6. The Kier molecular flexibility index (Phi) is 3.82. The summed E-state index contributed by atoms with van der Waals surface area (Å²) in [7, 11) is -3.84. The quantitative estimate of drug-likeness (QED) is 0.419. The van der Waals surface area contributed by atoms with E-state index in [0.717, 1.165) is 24.5 Å². The maximum absolute atomic E-state index is 11.1. The van der Waals surface area contributed by atoms with Crippen molar-refractivity contribution in [1.82, 2.24) is 0 Å². The van der Waals surface area contributed by atoms with Gasteiger partial charge in [0.2, 0.25) is 5.91 Å². The lowest BCUT2D eigenvalue weighted by Gasteiger charge is -2.12. The van der Waals surface area contributed by atoms with Crippen molar-refractivity contribution in [1.29, 1.82) is 0 Å². The number of amides is 1. The molecule has 1 amide bonds. The van der Waals surface area contributed by atoms with Crippen molar-refractivity contribution in [3.63, 3.8) is 0 Å². The van der Waals surface area contributed by atoms with E-state index in [4.69, 9.17) is 0 Å². The average Bonchev–Trinajstić information content (AvgIpc) is 2.26. The van der Waals surface area contributed by atoms with Crippen LogP contribution in [0.25, 0.3) is 0 Å². The molecule has 1 aromatic carbocycles. The standard InChI is InChI=1S/C10H11NO6S/c1-3-8(13)11-9-7(17-18(2,15)16)5-4-6(12)10(9)14/h3-5,12,14H,1H2,2H3,(H,11,13). The Balaban J connectivity index is 3.29. The Morgan fingerprint density at radius 2 is 2.06 bits per heavy atom. The fourth-order valence-electron chi connectivity index (χ4n) is 1.09. The van der Waals surface area contributed by atoms with Crippen molar-refractivity contribution in [2.24, 2.45) is 0 Å². The van der Waals surface area contributed by atoms with Gasteiger partial charge in [0.15, 0.2) is 17.2 Å². The second kappa shape index (κ2) is 4.96. The van der Waals surface area contributed by atoms with Crippen LogP contribution < -0.4 is 9.50 Å². The van der Waals surface area contributed by atoms with Crippen LogP contribution in [-0.2, 0) is 14.9 Å². The SMILES string of the molecule is C=CC(=O)Nc1c(OS(C)(=O)=O)ccc(O)c1O. The topological polar surface area (TPSA) is 113 Å². The van der Waals surface area contributed by atoms with E-state index in [1.54, 1.807) is 0 Å². The molecule has 0 fully saturated rings. The Morgan fingerprint density at radius 3 is 2.56 bits per heavy atom. The van der Waals surface area contributed by atoms with Gasteiger partial charge >= 0.3 is 10.1 Å². The van der Waals surface area contributed by atoms with Gasteiger partial charge in [0.05, 0.1) is 6.26 Å². The molecule has 0 unspecified atom stereocenters. The molecule has 0 saturated heterocycles. The van der Waals surface area contributed by atoms with Crippen molar-refractivity contribution in [3.05, 3.63) is 24.8 Å². The monoisotopic (exact) mass is 273 g/mol. The summed E-state index contributed by atoms with van der Waals surface area (Å²) in [5.74, 6) is -2.25. The number of phenols is 2. The second-order valence-electron chi connectivity index (χ2n) is 3.29. The molecule has 7 nitrogen and oxygen atoms in total. The maximum atomic E-state index is 11.1. The van der Waals surface area contributed by atoms with Crippen LogP contribution in [-0.4, -0.2) is 30.8 Å². The first-order valence-corrected chi connectivity index (χ1v) is 6.44. The molecule has 0 spiro atoms. The summed E-state index contributed by atoms with van der Waals surface area (Å²) in [6.07, 6.45) is 1.71. The molecule has 0 bridgehead atoms. The number of rotatable bonds is 4. The van der Waals surface area contributed by atoms with E-state index in [1.165, 1.54) is 0 Å². The zero-order valence-corrected chi connectivity index (χ0v) is 10.2. The number of aromatic hydroxyl groups is 2. The molecule has 0 aliphatic rings. The van der Waals surface area contributed by atoms with E-state index >= 15 is 0 Å². The van der Waals surface area contributed by atoms with Gasteiger partial charge in [-0.3, -0.25) is 4.79 Å². The van der Waals surface area contributed by atoms with Crippen molar-refractivity contribution in [3.8, 4) is 17.2 Å². The zero-order valence-electron chi connectivity index (χ0n) is 9.37. The van der Waals surface area contributed by atoms with Crippen LogP contribution in [0.5, 0.6) is 17.2 Å². The molecule has 0 atom stereocenters. The molecule has 18 heavy (non-hydrogen) atoms. The lowest BCUT2D eigenvalue weighted by Crippen LogP contribution is -2.12. The Labute approximate surface area is 103 Å². The van der Waals surface area contributed by atoms with Crippen LogP contribution in [0, 0.1) is 0 Å². The van der Waals surface area contributed by atoms with Gasteiger partial charge < -0.3 is 19.7 Å². The molecule has 0 radical (unpaired) electrons. The van der Waals surface area contributed by atoms with Gasteiger partial charge in [-0.15, -0.1) is 0 Å². The Bertz CT molecular complexity index is 593. The van der Waals surface area contributed by atoms with Gasteiger partial charge in [-0.1, -0.05) is 6.58 Å². The first-order chi connectivity index (χ1) is 8.24. The minimum atomic E-state index is -3.84. The molecule has 8 heteroatoms. The summed E-state index contributed by atoms with van der Waals surface area (Å²) in [4.78, 5) is 11.1. The van der Waals surface area contributed by atoms with Crippen LogP contribution >= 0.6 is 0 Å². The fraction of sp³-hybridized carbons (Fsp3) is 0.100. The van der Waals surface area contributed by atoms with Crippen LogP contribution in [0.3, 0.4) is 0 Å². The van der Waals surface area contributed by atoms with Crippen molar-refractivity contribution < 1.29 is 27.6 Å². The molecule has 0 aromatic heterocycles. The predicted molar refractivity (Wildman–Crippen MR) is 64.1 cm³/mol. The summed E-state index contributed by atoms with van der Waals surface area (Å²) in [5.41, 5.74) is -0.356. The Hall–Kier alpha value is -2.22. The third-order valence-electron chi connectivity index (χ3n) is 1.79.